The highest BCUT2D eigenvalue weighted by molar-refractivity contribution is 6.07. The molecule has 0 spiro atoms. The third-order valence-corrected chi connectivity index (χ3v) is 6.75. The molecule has 1 N–H and O–H groups in total. The minimum Gasteiger partial charge on any atom is -0.351 e. The first-order valence-electron chi connectivity index (χ1n) is 11.6. The number of benzene rings is 1. The number of fused-ring (bicyclic) bond motifs is 1. The number of hydrogen-bond acceptors (Lipinski definition) is 5. The maximum atomic E-state index is 13.0. The molecule has 1 atom stereocenters. The number of likely N-dealkylation sites (tertiary alicyclic amines) is 1. The molecule has 1 aliphatic carbocycles. The lowest BCUT2D eigenvalue weighted by Gasteiger charge is -2.35. The van der Waals surface area contributed by atoms with Gasteiger partial charge in [0, 0.05) is 42.6 Å². The van der Waals surface area contributed by atoms with Crippen LogP contribution in [0, 0.1) is 5.92 Å². The van der Waals surface area contributed by atoms with E-state index in [0.29, 0.717) is 18.1 Å². The summed E-state index contributed by atoms with van der Waals surface area (Å²) in [7, 11) is 0. The number of rotatable bonds is 4. The van der Waals surface area contributed by atoms with Gasteiger partial charge in [-0.05, 0) is 49.9 Å². The van der Waals surface area contributed by atoms with Crippen molar-refractivity contribution in [1.82, 2.24) is 15.0 Å². The zero-order chi connectivity index (χ0) is 21.9. The summed E-state index contributed by atoms with van der Waals surface area (Å²) in [6.45, 7) is 1.46. The molecule has 0 bridgehead atoms. The number of nitrogens with one attached hydrogen (secondary N) is 1. The Morgan fingerprint density at radius 1 is 1.03 bits per heavy atom. The maximum Gasteiger partial charge on any atom is 0.294 e. The standard InChI is InChI=1S/C25H28N4O3/c30-24(27-21-12-4-11-20-19(21)10-5-13-26-20)23-15-22(28-32-23)18-9-6-14-29(16-18)25(31)17-7-2-1-3-8-17/h4-5,10-13,15,17-18H,1-3,6-9,14,16H2,(H,27,30)/t18-/m0/s1. The second-order valence-electron chi connectivity index (χ2n) is 8.90. The molecule has 2 amide bonds. The highest BCUT2D eigenvalue weighted by Gasteiger charge is 2.31. The summed E-state index contributed by atoms with van der Waals surface area (Å²) in [6.07, 6.45) is 9.19. The molecule has 1 aromatic carbocycles. The topological polar surface area (TPSA) is 88.3 Å². The van der Waals surface area contributed by atoms with Crippen molar-refractivity contribution in [2.45, 2.75) is 50.9 Å². The van der Waals surface area contributed by atoms with Gasteiger partial charge in [-0.15, -0.1) is 0 Å². The van der Waals surface area contributed by atoms with Crippen LogP contribution in [0.15, 0.2) is 47.1 Å². The van der Waals surface area contributed by atoms with Gasteiger partial charge in [-0.1, -0.05) is 30.5 Å². The smallest absolute Gasteiger partial charge is 0.294 e. The maximum absolute atomic E-state index is 13.0. The van der Waals surface area contributed by atoms with Crippen molar-refractivity contribution in [3.05, 3.63) is 54.0 Å². The molecule has 5 rings (SSSR count). The second kappa shape index (κ2) is 9.10. The summed E-state index contributed by atoms with van der Waals surface area (Å²) in [5.74, 6) is 0.405. The van der Waals surface area contributed by atoms with Crippen molar-refractivity contribution >= 4 is 28.4 Å². The van der Waals surface area contributed by atoms with Crippen LogP contribution in [0.4, 0.5) is 5.69 Å². The van der Waals surface area contributed by atoms with Gasteiger partial charge in [0.25, 0.3) is 5.91 Å². The van der Waals surface area contributed by atoms with Gasteiger partial charge in [-0.25, -0.2) is 0 Å². The van der Waals surface area contributed by atoms with Crippen molar-refractivity contribution < 1.29 is 14.1 Å². The molecule has 1 aliphatic heterocycles. The molecule has 32 heavy (non-hydrogen) atoms. The number of carbonyl (C=O) groups excluding carboxylic acids is 2. The van der Waals surface area contributed by atoms with Crippen molar-refractivity contribution in [3.63, 3.8) is 0 Å². The van der Waals surface area contributed by atoms with Crippen LogP contribution in [-0.2, 0) is 4.79 Å². The van der Waals surface area contributed by atoms with E-state index >= 15 is 0 Å². The summed E-state index contributed by atoms with van der Waals surface area (Å²) < 4.78 is 5.39. The monoisotopic (exact) mass is 432 g/mol. The molecule has 7 heteroatoms. The fraction of sp³-hybridized carbons (Fsp3) is 0.440. The Labute approximate surface area is 187 Å². The minimum absolute atomic E-state index is 0.100. The first-order chi connectivity index (χ1) is 15.7. The van der Waals surface area contributed by atoms with E-state index in [1.807, 2.05) is 35.2 Å². The number of pyridine rings is 1. The van der Waals surface area contributed by atoms with Gasteiger partial charge in [0.15, 0.2) is 0 Å². The zero-order valence-electron chi connectivity index (χ0n) is 18.1. The van der Waals surface area contributed by atoms with Gasteiger partial charge in [0.2, 0.25) is 11.7 Å². The van der Waals surface area contributed by atoms with Crippen LogP contribution in [0.2, 0.25) is 0 Å². The Hall–Kier alpha value is -3.22. The Morgan fingerprint density at radius 2 is 1.91 bits per heavy atom. The van der Waals surface area contributed by atoms with Crippen LogP contribution in [0.1, 0.15) is 67.1 Å². The van der Waals surface area contributed by atoms with E-state index in [2.05, 4.69) is 15.5 Å². The summed E-state index contributed by atoms with van der Waals surface area (Å²) in [6, 6.07) is 11.1. The quantitative estimate of drug-likeness (QED) is 0.642. The highest BCUT2D eigenvalue weighted by Crippen LogP contribution is 2.31. The minimum atomic E-state index is -0.342. The number of piperidine rings is 1. The lowest BCUT2D eigenvalue weighted by molar-refractivity contribution is -0.137. The lowest BCUT2D eigenvalue weighted by atomic mass is 9.87. The highest BCUT2D eigenvalue weighted by atomic mass is 16.5. The van der Waals surface area contributed by atoms with E-state index in [-0.39, 0.29) is 23.5 Å². The lowest BCUT2D eigenvalue weighted by Crippen LogP contribution is -2.42. The average molecular weight is 433 g/mol. The predicted octanol–water partition coefficient (Wildman–Crippen LogP) is 4.76. The summed E-state index contributed by atoms with van der Waals surface area (Å²) in [4.78, 5) is 32.1. The number of carbonyl (C=O) groups is 2. The normalized spacial score (nSPS) is 19.8. The molecule has 1 saturated heterocycles. The van der Waals surface area contributed by atoms with Crippen LogP contribution in [0.3, 0.4) is 0 Å². The molecule has 3 aromatic rings. The number of hydrogen-bond donors (Lipinski definition) is 1. The van der Waals surface area contributed by atoms with Gasteiger partial charge in [-0.2, -0.15) is 0 Å². The van der Waals surface area contributed by atoms with E-state index in [9.17, 15) is 9.59 Å². The van der Waals surface area contributed by atoms with Crippen LogP contribution in [0.5, 0.6) is 0 Å². The number of nitrogens with zero attached hydrogens (tertiary/aromatic N) is 3. The van der Waals surface area contributed by atoms with Crippen LogP contribution in [-0.4, -0.2) is 39.9 Å². The summed E-state index contributed by atoms with van der Waals surface area (Å²) >= 11 is 0. The van der Waals surface area contributed by atoms with Gasteiger partial charge >= 0.3 is 0 Å². The number of aromatic nitrogens is 2. The number of amides is 2. The summed E-state index contributed by atoms with van der Waals surface area (Å²) in [5, 5.41) is 7.96. The summed E-state index contributed by atoms with van der Waals surface area (Å²) in [5.41, 5.74) is 2.24. The van der Waals surface area contributed by atoms with Gasteiger partial charge in [-0.3, -0.25) is 14.6 Å². The Kier molecular flexibility index (Phi) is 5.88. The molecule has 0 radical (unpaired) electrons. The molecule has 2 aromatic heterocycles. The average Bonchev–Trinajstić information content (AvgIpc) is 3.35. The fourth-order valence-electron chi connectivity index (χ4n) is 5.01. The molecule has 3 heterocycles. The Morgan fingerprint density at radius 3 is 2.78 bits per heavy atom. The molecular weight excluding hydrogens is 404 g/mol. The van der Waals surface area contributed by atoms with E-state index in [1.165, 1.54) is 6.42 Å². The molecule has 7 nitrogen and oxygen atoms in total. The van der Waals surface area contributed by atoms with Gasteiger partial charge in [0.05, 0.1) is 16.9 Å². The molecule has 2 fully saturated rings. The second-order valence-corrected chi connectivity index (χ2v) is 8.90. The Bertz CT molecular complexity index is 1110. The molecule has 2 aliphatic rings. The molecule has 166 valence electrons. The van der Waals surface area contributed by atoms with Gasteiger partial charge in [0.1, 0.15) is 0 Å². The van der Waals surface area contributed by atoms with E-state index in [0.717, 1.165) is 61.7 Å². The van der Waals surface area contributed by atoms with E-state index in [4.69, 9.17) is 4.52 Å². The first-order valence-corrected chi connectivity index (χ1v) is 11.6. The van der Waals surface area contributed by atoms with Gasteiger partial charge < -0.3 is 14.7 Å². The van der Waals surface area contributed by atoms with Crippen molar-refractivity contribution in [1.29, 1.82) is 0 Å². The Balaban J connectivity index is 1.26. The van der Waals surface area contributed by atoms with Crippen LogP contribution >= 0.6 is 0 Å². The first kappa shape index (κ1) is 20.7. The largest absolute Gasteiger partial charge is 0.351 e. The molecule has 1 saturated carbocycles. The third-order valence-electron chi connectivity index (χ3n) is 6.75. The van der Waals surface area contributed by atoms with E-state index in [1.54, 1.807) is 12.3 Å². The fourth-order valence-corrected chi connectivity index (χ4v) is 5.01. The van der Waals surface area contributed by atoms with E-state index < -0.39 is 0 Å². The molecule has 0 unspecified atom stereocenters. The predicted molar refractivity (Wildman–Crippen MR) is 121 cm³/mol. The zero-order valence-corrected chi connectivity index (χ0v) is 18.1. The van der Waals surface area contributed by atoms with Crippen LogP contribution < -0.4 is 5.32 Å². The van der Waals surface area contributed by atoms with Crippen molar-refractivity contribution in [2.24, 2.45) is 5.92 Å². The third kappa shape index (κ3) is 4.24. The number of anilines is 1. The van der Waals surface area contributed by atoms with Crippen molar-refractivity contribution in [3.8, 4) is 0 Å². The SMILES string of the molecule is O=C(Nc1cccc2ncccc12)c1cc([C@H]2CCCN(C(=O)C3CCCCC3)C2)no1. The van der Waals surface area contributed by atoms with Crippen LogP contribution in [0.25, 0.3) is 10.9 Å². The van der Waals surface area contributed by atoms with Crippen molar-refractivity contribution in [2.75, 3.05) is 18.4 Å². The molecular formula is C25H28N4O3.